The van der Waals surface area contributed by atoms with Gasteiger partial charge in [0.2, 0.25) is 5.91 Å². The Balaban J connectivity index is 1.89. The van der Waals surface area contributed by atoms with Gasteiger partial charge in [-0.25, -0.2) is 0 Å². The normalized spacial score (nSPS) is 10.4. The molecule has 25 heavy (non-hydrogen) atoms. The molecule has 5 nitrogen and oxygen atoms in total. The molecule has 2 amide bonds. The van der Waals surface area contributed by atoms with Gasteiger partial charge >= 0.3 is 0 Å². The van der Waals surface area contributed by atoms with Crippen LogP contribution in [0.15, 0.2) is 42.5 Å². The van der Waals surface area contributed by atoms with Crippen LogP contribution in [0.2, 0.25) is 5.02 Å². The zero-order valence-electron chi connectivity index (χ0n) is 14.5. The first kappa shape index (κ1) is 18.8. The first-order chi connectivity index (χ1) is 11.9. The average molecular weight is 360 g/mol. The Morgan fingerprint density at radius 1 is 1.08 bits per heavy atom. The summed E-state index contributed by atoms with van der Waals surface area (Å²) < 4.78 is 0. The van der Waals surface area contributed by atoms with Crippen LogP contribution in [0.4, 0.5) is 11.4 Å². The fraction of sp³-hybridized carbons (Fsp3) is 0.263. The van der Waals surface area contributed by atoms with Crippen molar-refractivity contribution in [2.45, 2.75) is 26.8 Å². The minimum absolute atomic E-state index is 0.0870. The molecule has 0 aliphatic carbocycles. The molecule has 0 bridgehead atoms. The summed E-state index contributed by atoms with van der Waals surface area (Å²) in [6, 6.07) is 12.4. The molecule has 0 radical (unpaired) electrons. The molecule has 0 saturated carbocycles. The van der Waals surface area contributed by atoms with Crippen LogP contribution in [0, 0.1) is 6.92 Å². The minimum Gasteiger partial charge on any atom is -0.376 e. The van der Waals surface area contributed by atoms with Crippen molar-refractivity contribution in [2.24, 2.45) is 0 Å². The van der Waals surface area contributed by atoms with Gasteiger partial charge in [-0.2, -0.15) is 0 Å². The van der Waals surface area contributed by atoms with Crippen molar-refractivity contribution >= 4 is 34.8 Å². The second kappa shape index (κ2) is 8.53. The lowest BCUT2D eigenvalue weighted by Gasteiger charge is -2.11. The standard InChI is InChI=1S/C19H22ClN3O2/c1-12(2)22-19(25)14-7-9-15(10-8-14)21-11-18(24)23-17-6-4-5-16(20)13(17)3/h4-10,12,21H,11H2,1-3H3,(H,22,25)(H,23,24). The van der Waals surface area contributed by atoms with Gasteiger partial charge in [0, 0.05) is 28.0 Å². The third kappa shape index (κ3) is 5.50. The molecule has 0 atom stereocenters. The quantitative estimate of drug-likeness (QED) is 0.734. The van der Waals surface area contributed by atoms with Crippen molar-refractivity contribution in [1.29, 1.82) is 0 Å². The lowest BCUT2D eigenvalue weighted by atomic mass is 10.2. The highest BCUT2D eigenvalue weighted by molar-refractivity contribution is 6.31. The number of carbonyl (C=O) groups is 2. The molecule has 132 valence electrons. The van der Waals surface area contributed by atoms with Crippen molar-refractivity contribution < 1.29 is 9.59 Å². The van der Waals surface area contributed by atoms with E-state index in [0.29, 0.717) is 16.3 Å². The number of carbonyl (C=O) groups excluding carboxylic acids is 2. The number of anilines is 2. The van der Waals surface area contributed by atoms with Crippen LogP contribution in [0.1, 0.15) is 29.8 Å². The number of hydrogen-bond donors (Lipinski definition) is 3. The molecule has 0 aliphatic rings. The van der Waals surface area contributed by atoms with E-state index in [4.69, 9.17) is 11.6 Å². The van der Waals surface area contributed by atoms with Gasteiger partial charge < -0.3 is 16.0 Å². The molecule has 0 unspecified atom stereocenters. The Morgan fingerprint density at radius 2 is 1.76 bits per heavy atom. The molecule has 0 aliphatic heterocycles. The summed E-state index contributed by atoms with van der Waals surface area (Å²) in [6.07, 6.45) is 0. The predicted molar refractivity (Wildman–Crippen MR) is 102 cm³/mol. The third-order valence-corrected chi connectivity index (χ3v) is 3.97. The summed E-state index contributed by atoms with van der Waals surface area (Å²) in [5.74, 6) is -0.289. The Morgan fingerprint density at radius 3 is 2.40 bits per heavy atom. The number of halogens is 1. The summed E-state index contributed by atoms with van der Waals surface area (Å²) in [7, 11) is 0. The van der Waals surface area contributed by atoms with Crippen LogP contribution >= 0.6 is 11.6 Å². The molecule has 6 heteroatoms. The van der Waals surface area contributed by atoms with Crippen LogP contribution in [0.25, 0.3) is 0 Å². The number of benzene rings is 2. The summed E-state index contributed by atoms with van der Waals surface area (Å²) in [5, 5.41) is 9.30. The van der Waals surface area contributed by atoms with Crippen LogP contribution < -0.4 is 16.0 Å². The van der Waals surface area contributed by atoms with Crippen LogP contribution in [-0.2, 0) is 4.79 Å². The zero-order chi connectivity index (χ0) is 18.4. The largest absolute Gasteiger partial charge is 0.376 e. The molecule has 0 heterocycles. The van der Waals surface area contributed by atoms with Crippen molar-refractivity contribution in [2.75, 3.05) is 17.2 Å². The number of nitrogens with one attached hydrogen (secondary N) is 3. The maximum atomic E-state index is 12.1. The minimum atomic E-state index is -0.174. The average Bonchev–Trinajstić information content (AvgIpc) is 2.57. The summed E-state index contributed by atoms with van der Waals surface area (Å²) in [6.45, 7) is 5.79. The topological polar surface area (TPSA) is 70.2 Å². The first-order valence-electron chi connectivity index (χ1n) is 8.06. The van der Waals surface area contributed by atoms with Gasteiger partial charge in [0.05, 0.1) is 6.54 Å². The van der Waals surface area contributed by atoms with E-state index in [1.54, 1.807) is 42.5 Å². The maximum absolute atomic E-state index is 12.1. The predicted octanol–water partition coefficient (Wildman–Crippen LogP) is 3.84. The molecule has 0 saturated heterocycles. The summed E-state index contributed by atoms with van der Waals surface area (Å²) >= 11 is 6.04. The van der Waals surface area contributed by atoms with Crippen LogP contribution in [0.3, 0.4) is 0 Å². The maximum Gasteiger partial charge on any atom is 0.251 e. The van der Waals surface area contributed by atoms with Crippen molar-refractivity contribution in [3.05, 3.63) is 58.6 Å². The fourth-order valence-corrected chi connectivity index (χ4v) is 2.38. The third-order valence-electron chi connectivity index (χ3n) is 3.56. The molecular weight excluding hydrogens is 338 g/mol. The SMILES string of the molecule is Cc1c(Cl)cccc1NC(=O)CNc1ccc(C(=O)NC(C)C)cc1. The van der Waals surface area contributed by atoms with E-state index >= 15 is 0 Å². The highest BCUT2D eigenvalue weighted by atomic mass is 35.5. The van der Waals surface area contributed by atoms with E-state index in [9.17, 15) is 9.59 Å². The van der Waals surface area contributed by atoms with Crippen LogP contribution in [0.5, 0.6) is 0 Å². The molecule has 2 rings (SSSR count). The van der Waals surface area contributed by atoms with E-state index in [-0.39, 0.29) is 24.4 Å². The summed E-state index contributed by atoms with van der Waals surface area (Å²) in [4.78, 5) is 24.0. The molecule has 2 aromatic carbocycles. The van der Waals surface area contributed by atoms with E-state index in [0.717, 1.165) is 11.3 Å². The summed E-state index contributed by atoms with van der Waals surface area (Å²) in [5.41, 5.74) is 2.87. The van der Waals surface area contributed by atoms with E-state index < -0.39 is 0 Å². The Kier molecular flexibility index (Phi) is 6.42. The molecule has 0 spiro atoms. The second-order valence-electron chi connectivity index (χ2n) is 6.02. The Labute approximate surface area is 152 Å². The van der Waals surface area contributed by atoms with Gasteiger partial charge in [-0.15, -0.1) is 0 Å². The smallest absolute Gasteiger partial charge is 0.251 e. The van der Waals surface area contributed by atoms with Gasteiger partial charge in [0.1, 0.15) is 0 Å². The van der Waals surface area contributed by atoms with Crippen molar-refractivity contribution in [3.8, 4) is 0 Å². The van der Waals surface area contributed by atoms with Crippen molar-refractivity contribution in [3.63, 3.8) is 0 Å². The fourth-order valence-electron chi connectivity index (χ4n) is 2.20. The number of amides is 2. The highest BCUT2D eigenvalue weighted by Crippen LogP contribution is 2.22. The van der Waals surface area contributed by atoms with Gasteiger partial charge in [-0.1, -0.05) is 17.7 Å². The van der Waals surface area contributed by atoms with E-state index in [1.165, 1.54) is 0 Å². The van der Waals surface area contributed by atoms with Crippen molar-refractivity contribution in [1.82, 2.24) is 5.32 Å². The lowest BCUT2D eigenvalue weighted by molar-refractivity contribution is -0.114. The molecule has 2 aromatic rings. The Hall–Kier alpha value is -2.53. The monoisotopic (exact) mass is 359 g/mol. The first-order valence-corrected chi connectivity index (χ1v) is 8.44. The van der Waals surface area contributed by atoms with Gasteiger partial charge in [-0.05, 0) is 62.7 Å². The van der Waals surface area contributed by atoms with Gasteiger partial charge in [0.15, 0.2) is 0 Å². The second-order valence-corrected chi connectivity index (χ2v) is 6.43. The van der Waals surface area contributed by atoms with Gasteiger partial charge in [0.25, 0.3) is 5.91 Å². The number of hydrogen-bond acceptors (Lipinski definition) is 3. The van der Waals surface area contributed by atoms with Crippen LogP contribution in [-0.4, -0.2) is 24.4 Å². The molecule has 3 N–H and O–H groups in total. The van der Waals surface area contributed by atoms with E-state index in [2.05, 4.69) is 16.0 Å². The molecule has 0 fully saturated rings. The highest BCUT2D eigenvalue weighted by Gasteiger charge is 2.08. The Bertz CT molecular complexity index is 758. The molecular formula is C19H22ClN3O2. The van der Waals surface area contributed by atoms with Gasteiger partial charge in [-0.3, -0.25) is 9.59 Å². The zero-order valence-corrected chi connectivity index (χ0v) is 15.3. The molecule has 0 aromatic heterocycles. The lowest BCUT2D eigenvalue weighted by Crippen LogP contribution is -2.30. The number of rotatable bonds is 6. The van der Waals surface area contributed by atoms with E-state index in [1.807, 2.05) is 20.8 Å².